The van der Waals surface area contributed by atoms with Crippen LogP contribution >= 0.6 is 0 Å². The molecule has 102 valence electrons. The van der Waals surface area contributed by atoms with Crippen molar-refractivity contribution in [1.82, 2.24) is 9.55 Å². The Hall–Kier alpha value is -1.37. The third kappa shape index (κ3) is 4.48. The van der Waals surface area contributed by atoms with Gasteiger partial charge in [0.25, 0.3) is 5.56 Å². The quantitative estimate of drug-likeness (QED) is 0.770. The monoisotopic (exact) mass is 273 g/mol. The van der Waals surface area contributed by atoms with E-state index in [0.29, 0.717) is 13.0 Å². The Morgan fingerprint density at radius 2 is 2.11 bits per heavy atom. The van der Waals surface area contributed by atoms with Gasteiger partial charge in [0.15, 0.2) is 5.82 Å². The van der Waals surface area contributed by atoms with E-state index < -0.39 is 9.84 Å². The van der Waals surface area contributed by atoms with Crippen LogP contribution in [0.15, 0.2) is 17.2 Å². The second kappa shape index (κ2) is 5.99. The molecule has 0 radical (unpaired) electrons. The van der Waals surface area contributed by atoms with Crippen molar-refractivity contribution in [2.75, 3.05) is 23.9 Å². The van der Waals surface area contributed by atoms with Gasteiger partial charge in [-0.1, -0.05) is 0 Å². The molecule has 0 spiro atoms. The minimum absolute atomic E-state index is 0.0667. The Labute approximate surface area is 107 Å². The lowest BCUT2D eigenvalue weighted by Gasteiger charge is -2.11. The molecule has 1 rings (SSSR count). The normalized spacial score (nSPS) is 11.8. The molecule has 0 amide bonds. The molecule has 7 heteroatoms. The summed E-state index contributed by atoms with van der Waals surface area (Å²) in [6, 6.07) is 0.0667. The number of aromatic nitrogens is 2. The Bertz CT molecular complexity index is 549. The summed E-state index contributed by atoms with van der Waals surface area (Å²) in [6.07, 6.45) is 4.84. The van der Waals surface area contributed by atoms with Crippen LogP contribution in [-0.4, -0.2) is 36.5 Å². The first-order valence-corrected chi connectivity index (χ1v) is 7.86. The summed E-state index contributed by atoms with van der Waals surface area (Å²) in [5, 5.41) is 2.87. The molecule has 0 aromatic carbocycles. The Balaban J connectivity index is 2.64. The third-order valence-corrected chi connectivity index (χ3v) is 3.44. The van der Waals surface area contributed by atoms with Gasteiger partial charge in [0.2, 0.25) is 0 Å². The van der Waals surface area contributed by atoms with Crippen molar-refractivity contribution in [2.24, 2.45) is 0 Å². The molecule has 0 atom stereocenters. The van der Waals surface area contributed by atoms with Gasteiger partial charge in [0, 0.05) is 31.2 Å². The topological polar surface area (TPSA) is 81.1 Å². The van der Waals surface area contributed by atoms with E-state index in [4.69, 9.17) is 0 Å². The maximum atomic E-state index is 11.9. The van der Waals surface area contributed by atoms with Crippen molar-refractivity contribution < 1.29 is 8.42 Å². The molecule has 18 heavy (non-hydrogen) atoms. The second-order valence-corrected chi connectivity index (χ2v) is 6.75. The minimum Gasteiger partial charge on any atom is -0.365 e. The first kappa shape index (κ1) is 14.7. The molecule has 1 aromatic rings. The molecule has 1 heterocycles. The highest BCUT2D eigenvalue weighted by molar-refractivity contribution is 7.90. The van der Waals surface area contributed by atoms with Crippen LogP contribution in [0.5, 0.6) is 0 Å². The van der Waals surface area contributed by atoms with Crippen LogP contribution in [-0.2, 0) is 9.84 Å². The Kier molecular flexibility index (Phi) is 4.89. The number of nitrogens with zero attached hydrogens (tertiary/aromatic N) is 2. The van der Waals surface area contributed by atoms with Gasteiger partial charge in [-0.25, -0.2) is 13.4 Å². The lowest BCUT2D eigenvalue weighted by Crippen LogP contribution is -2.26. The average Bonchev–Trinajstić information content (AvgIpc) is 2.24. The zero-order chi connectivity index (χ0) is 13.8. The first-order chi connectivity index (χ1) is 8.31. The van der Waals surface area contributed by atoms with Gasteiger partial charge in [-0.2, -0.15) is 0 Å². The van der Waals surface area contributed by atoms with E-state index in [1.165, 1.54) is 6.26 Å². The summed E-state index contributed by atoms with van der Waals surface area (Å²) < 4.78 is 23.5. The summed E-state index contributed by atoms with van der Waals surface area (Å²) in [6.45, 7) is 4.24. The summed E-state index contributed by atoms with van der Waals surface area (Å²) in [4.78, 5) is 15.9. The number of hydrogen-bond acceptors (Lipinski definition) is 5. The van der Waals surface area contributed by atoms with Gasteiger partial charge < -0.3 is 9.88 Å². The zero-order valence-electron chi connectivity index (χ0n) is 10.9. The fourth-order valence-electron chi connectivity index (χ4n) is 1.49. The second-order valence-electron chi connectivity index (χ2n) is 4.49. The summed E-state index contributed by atoms with van der Waals surface area (Å²) in [7, 11) is -2.95. The van der Waals surface area contributed by atoms with Crippen molar-refractivity contribution in [3.8, 4) is 0 Å². The highest BCUT2D eigenvalue weighted by Crippen LogP contribution is 2.01. The molecule has 0 unspecified atom stereocenters. The fourth-order valence-corrected chi connectivity index (χ4v) is 2.16. The van der Waals surface area contributed by atoms with E-state index >= 15 is 0 Å². The Morgan fingerprint density at radius 1 is 1.44 bits per heavy atom. The average molecular weight is 273 g/mol. The van der Waals surface area contributed by atoms with Crippen molar-refractivity contribution in [1.29, 1.82) is 0 Å². The van der Waals surface area contributed by atoms with Crippen LogP contribution in [0.2, 0.25) is 0 Å². The number of hydrogen-bond donors (Lipinski definition) is 1. The molecule has 0 aliphatic carbocycles. The van der Waals surface area contributed by atoms with E-state index in [-0.39, 0.29) is 23.2 Å². The van der Waals surface area contributed by atoms with E-state index in [9.17, 15) is 13.2 Å². The molecule has 0 saturated heterocycles. The molecule has 0 bridgehead atoms. The SMILES string of the molecule is CC(C)n1ccnc(NCCCS(C)(=O)=O)c1=O. The molecule has 6 nitrogen and oxygen atoms in total. The smallest absolute Gasteiger partial charge is 0.293 e. The molecular weight excluding hydrogens is 254 g/mol. The summed E-state index contributed by atoms with van der Waals surface area (Å²) in [5.41, 5.74) is -0.188. The lowest BCUT2D eigenvalue weighted by molar-refractivity contribution is 0.575. The van der Waals surface area contributed by atoms with E-state index in [1.807, 2.05) is 13.8 Å². The standard InChI is InChI=1S/C11H19N3O3S/c1-9(2)14-7-6-13-10(11(14)15)12-5-4-8-18(3,16)17/h6-7,9H,4-5,8H2,1-3H3,(H,12,13). The first-order valence-electron chi connectivity index (χ1n) is 5.80. The van der Waals surface area contributed by atoms with Gasteiger partial charge in [0.05, 0.1) is 5.75 Å². The van der Waals surface area contributed by atoms with Crippen LogP contribution in [0, 0.1) is 0 Å². The highest BCUT2D eigenvalue weighted by atomic mass is 32.2. The van der Waals surface area contributed by atoms with E-state index in [2.05, 4.69) is 10.3 Å². The minimum atomic E-state index is -2.95. The number of rotatable bonds is 6. The van der Waals surface area contributed by atoms with Gasteiger partial charge in [0.1, 0.15) is 9.84 Å². The van der Waals surface area contributed by atoms with Crippen LogP contribution < -0.4 is 10.9 Å². The largest absolute Gasteiger partial charge is 0.365 e. The predicted molar refractivity (Wildman–Crippen MR) is 71.7 cm³/mol. The van der Waals surface area contributed by atoms with Crippen LogP contribution in [0.3, 0.4) is 0 Å². The van der Waals surface area contributed by atoms with E-state index in [0.717, 1.165) is 0 Å². The maximum Gasteiger partial charge on any atom is 0.293 e. The van der Waals surface area contributed by atoms with E-state index in [1.54, 1.807) is 17.0 Å². The number of anilines is 1. The van der Waals surface area contributed by atoms with Crippen molar-refractivity contribution in [2.45, 2.75) is 26.3 Å². The highest BCUT2D eigenvalue weighted by Gasteiger charge is 2.07. The van der Waals surface area contributed by atoms with Crippen LogP contribution in [0.4, 0.5) is 5.82 Å². The number of sulfone groups is 1. The molecule has 0 aliphatic heterocycles. The molecule has 1 N–H and O–H groups in total. The molecule has 0 saturated carbocycles. The maximum absolute atomic E-state index is 11.9. The Morgan fingerprint density at radius 3 is 2.67 bits per heavy atom. The van der Waals surface area contributed by atoms with Crippen molar-refractivity contribution in [3.63, 3.8) is 0 Å². The molecule has 1 aromatic heterocycles. The molecule has 0 fully saturated rings. The van der Waals surface area contributed by atoms with Crippen LogP contribution in [0.25, 0.3) is 0 Å². The van der Waals surface area contributed by atoms with Gasteiger partial charge in [-0.3, -0.25) is 4.79 Å². The van der Waals surface area contributed by atoms with Crippen molar-refractivity contribution >= 4 is 15.7 Å². The lowest BCUT2D eigenvalue weighted by atomic mass is 10.4. The summed E-state index contributed by atoms with van der Waals surface area (Å²) in [5.74, 6) is 0.366. The van der Waals surface area contributed by atoms with Crippen molar-refractivity contribution in [3.05, 3.63) is 22.7 Å². The van der Waals surface area contributed by atoms with Gasteiger partial charge >= 0.3 is 0 Å². The van der Waals surface area contributed by atoms with Gasteiger partial charge in [-0.15, -0.1) is 0 Å². The molecular formula is C11H19N3O3S. The fraction of sp³-hybridized carbons (Fsp3) is 0.636. The third-order valence-electron chi connectivity index (χ3n) is 2.41. The molecule has 0 aliphatic rings. The van der Waals surface area contributed by atoms with Gasteiger partial charge in [-0.05, 0) is 20.3 Å². The van der Waals surface area contributed by atoms with Crippen LogP contribution in [0.1, 0.15) is 26.3 Å². The summed E-state index contributed by atoms with van der Waals surface area (Å²) >= 11 is 0. The predicted octanol–water partition coefficient (Wildman–Crippen LogP) is 0.671. The number of nitrogens with one attached hydrogen (secondary N) is 1. The zero-order valence-corrected chi connectivity index (χ0v) is 11.7.